The van der Waals surface area contributed by atoms with Crippen LogP contribution in [0.15, 0.2) is 54.2 Å². The van der Waals surface area contributed by atoms with Crippen LogP contribution < -0.4 is 4.74 Å². The Kier molecular flexibility index (Phi) is 3.48. The number of carbonyl (C=O) groups excluding carboxylic acids is 1. The number of pyridine rings is 1. The molecule has 0 aliphatic carbocycles. The zero-order chi connectivity index (χ0) is 14.7. The van der Waals surface area contributed by atoms with Gasteiger partial charge in [-0.15, -0.1) is 0 Å². The third-order valence-electron chi connectivity index (χ3n) is 3.32. The number of para-hydroxylation sites is 1. The first-order valence-electron chi connectivity index (χ1n) is 6.57. The summed E-state index contributed by atoms with van der Waals surface area (Å²) in [5.74, 6) is -0.405. The number of ether oxygens (including phenoxy) is 1. The lowest BCUT2D eigenvalue weighted by molar-refractivity contribution is -0.116. The second-order valence-corrected chi connectivity index (χ2v) is 4.68. The number of aromatic nitrogens is 1. The summed E-state index contributed by atoms with van der Waals surface area (Å²) in [5, 5.41) is 9.30. The first kappa shape index (κ1) is 13.1. The SMILES string of the molecule is N#C[C@H](C(=O)C1=Cc2ccccc2OC1)c1ccccn1. The summed E-state index contributed by atoms with van der Waals surface area (Å²) in [6.45, 7) is 0.181. The fourth-order valence-electron chi connectivity index (χ4n) is 2.25. The van der Waals surface area contributed by atoms with E-state index in [1.54, 1.807) is 30.5 Å². The summed E-state index contributed by atoms with van der Waals surface area (Å²) >= 11 is 0. The van der Waals surface area contributed by atoms with Crippen LogP contribution in [0.3, 0.4) is 0 Å². The molecule has 0 radical (unpaired) electrons. The lowest BCUT2D eigenvalue weighted by Gasteiger charge is -2.18. The molecule has 1 aliphatic heterocycles. The minimum atomic E-state index is -0.897. The molecule has 0 saturated carbocycles. The summed E-state index contributed by atoms with van der Waals surface area (Å²) < 4.78 is 5.57. The van der Waals surface area contributed by atoms with E-state index in [1.165, 1.54) is 0 Å². The zero-order valence-corrected chi connectivity index (χ0v) is 11.2. The second-order valence-electron chi connectivity index (χ2n) is 4.68. The minimum Gasteiger partial charge on any atom is -0.488 e. The molecular formula is C17H12N2O2. The van der Waals surface area contributed by atoms with Crippen molar-refractivity contribution in [2.24, 2.45) is 0 Å². The lowest BCUT2D eigenvalue weighted by Crippen LogP contribution is -2.20. The Bertz CT molecular complexity index is 745. The van der Waals surface area contributed by atoms with Crippen LogP contribution in [0.5, 0.6) is 5.75 Å². The first-order chi connectivity index (χ1) is 10.3. The quantitative estimate of drug-likeness (QED) is 0.864. The van der Waals surface area contributed by atoms with Crippen LogP contribution in [0.25, 0.3) is 6.08 Å². The van der Waals surface area contributed by atoms with Crippen LogP contribution in [-0.2, 0) is 4.79 Å². The number of fused-ring (bicyclic) bond motifs is 1. The van der Waals surface area contributed by atoms with Gasteiger partial charge < -0.3 is 4.74 Å². The van der Waals surface area contributed by atoms with Crippen LogP contribution in [0.2, 0.25) is 0 Å². The molecule has 21 heavy (non-hydrogen) atoms. The number of ketones is 1. The third-order valence-corrected chi connectivity index (χ3v) is 3.32. The van der Waals surface area contributed by atoms with E-state index in [0.29, 0.717) is 11.3 Å². The van der Waals surface area contributed by atoms with Crippen LogP contribution in [-0.4, -0.2) is 17.4 Å². The van der Waals surface area contributed by atoms with Gasteiger partial charge in [-0.1, -0.05) is 24.3 Å². The maximum absolute atomic E-state index is 12.5. The molecule has 0 fully saturated rings. The molecule has 1 aromatic heterocycles. The average molecular weight is 276 g/mol. The number of hydrogen-bond donors (Lipinski definition) is 0. The summed E-state index contributed by atoms with van der Waals surface area (Å²) in [6, 6.07) is 14.7. The van der Waals surface area contributed by atoms with E-state index in [1.807, 2.05) is 30.3 Å². The number of rotatable bonds is 3. The Balaban J connectivity index is 1.93. The van der Waals surface area contributed by atoms with Gasteiger partial charge in [-0.05, 0) is 24.3 Å². The van der Waals surface area contributed by atoms with E-state index in [9.17, 15) is 10.1 Å². The largest absolute Gasteiger partial charge is 0.488 e. The molecule has 0 N–H and O–H groups in total. The third kappa shape index (κ3) is 2.54. The van der Waals surface area contributed by atoms with Gasteiger partial charge in [-0.25, -0.2) is 0 Å². The van der Waals surface area contributed by atoms with Crippen molar-refractivity contribution in [1.29, 1.82) is 5.26 Å². The van der Waals surface area contributed by atoms with E-state index >= 15 is 0 Å². The molecule has 102 valence electrons. The van der Waals surface area contributed by atoms with Crippen molar-refractivity contribution >= 4 is 11.9 Å². The summed E-state index contributed by atoms with van der Waals surface area (Å²) in [7, 11) is 0. The van der Waals surface area contributed by atoms with Gasteiger partial charge in [-0.3, -0.25) is 9.78 Å². The highest BCUT2D eigenvalue weighted by molar-refractivity contribution is 6.06. The molecule has 0 unspecified atom stereocenters. The van der Waals surface area contributed by atoms with E-state index in [2.05, 4.69) is 4.98 Å². The molecule has 2 heterocycles. The van der Waals surface area contributed by atoms with E-state index in [0.717, 1.165) is 11.3 Å². The number of benzene rings is 1. The molecule has 1 atom stereocenters. The summed E-state index contributed by atoms with van der Waals surface area (Å²) in [4.78, 5) is 16.6. The van der Waals surface area contributed by atoms with Crippen LogP contribution in [0.4, 0.5) is 0 Å². The molecule has 1 aliphatic rings. The fraction of sp³-hybridized carbons (Fsp3) is 0.118. The van der Waals surface area contributed by atoms with Gasteiger partial charge in [0.15, 0.2) is 11.7 Å². The molecule has 3 rings (SSSR count). The number of nitrogens with zero attached hydrogens (tertiary/aromatic N) is 2. The number of Topliss-reactive ketones (excluding diaryl/α,β-unsaturated/α-hetero) is 1. The highest BCUT2D eigenvalue weighted by Gasteiger charge is 2.27. The zero-order valence-electron chi connectivity index (χ0n) is 11.2. The Morgan fingerprint density at radius 1 is 1.24 bits per heavy atom. The lowest BCUT2D eigenvalue weighted by atomic mass is 9.93. The predicted octanol–water partition coefficient (Wildman–Crippen LogP) is 2.73. The fourth-order valence-corrected chi connectivity index (χ4v) is 2.25. The number of hydrogen-bond acceptors (Lipinski definition) is 4. The van der Waals surface area contributed by atoms with Gasteiger partial charge in [0.05, 0.1) is 11.8 Å². The maximum atomic E-state index is 12.5. The number of carbonyl (C=O) groups is 1. The van der Waals surface area contributed by atoms with Gasteiger partial charge in [0.2, 0.25) is 0 Å². The van der Waals surface area contributed by atoms with Gasteiger partial charge >= 0.3 is 0 Å². The van der Waals surface area contributed by atoms with Gasteiger partial charge in [0.1, 0.15) is 12.4 Å². The molecule has 2 aromatic rings. The molecule has 4 heteroatoms. The van der Waals surface area contributed by atoms with Crippen molar-refractivity contribution in [2.45, 2.75) is 5.92 Å². The monoisotopic (exact) mass is 276 g/mol. The van der Waals surface area contributed by atoms with Crippen LogP contribution >= 0.6 is 0 Å². The Hall–Kier alpha value is -2.93. The molecule has 0 spiro atoms. The molecule has 1 aromatic carbocycles. The van der Waals surface area contributed by atoms with Crippen molar-refractivity contribution in [1.82, 2.24) is 4.98 Å². The summed E-state index contributed by atoms with van der Waals surface area (Å²) in [5.41, 5.74) is 1.81. The maximum Gasteiger partial charge on any atom is 0.185 e. The van der Waals surface area contributed by atoms with Gasteiger partial charge in [0, 0.05) is 17.3 Å². The molecule has 0 bridgehead atoms. The molecule has 4 nitrogen and oxygen atoms in total. The van der Waals surface area contributed by atoms with Gasteiger partial charge in [-0.2, -0.15) is 5.26 Å². The first-order valence-corrected chi connectivity index (χ1v) is 6.57. The summed E-state index contributed by atoms with van der Waals surface area (Å²) in [6.07, 6.45) is 3.36. The highest BCUT2D eigenvalue weighted by Crippen LogP contribution is 2.28. The molecular weight excluding hydrogens is 264 g/mol. The van der Waals surface area contributed by atoms with Crippen LogP contribution in [0.1, 0.15) is 17.2 Å². The number of nitriles is 1. The topological polar surface area (TPSA) is 63.0 Å². The highest BCUT2D eigenvalue weighted by atomic mass is 16.5. The Labute approximate surface area is 122 Å². The van der Waals surface area contributed by atoms with E-state index in [-0.39, 0.29) is 12.4 Å². The minimum absolute atomic E-state index is 0.181. The van der Waals surface area contributed by atoms with Gasteiger partial charge in [0.25, 0.3) is 0 Å². The van der Waals surface area contributed by atoms with Crippen LogP contribution in [0, 0.1) is 11.3 Å². The van der Waals surface area contributed by atoms with E-state index < -0.39 is 5.92 Å². The van der Waals surface area contributed by atoms with Crippen molar-refractivity contribution in [2.75, 3.05) is 6.61 Å². The van der Waals surface area contributed by atoms with Crippen molar-refractivity contribution in [3.63, 3.8) is 0 Å². The average Bonchev–Trinajstić information content (AvgIpc) is 2.56. The Morgan fingerprint density at radius 2 is 2.05 bits per heavy atom. The van der Waals surface area contributed by atoms with Crippen molar-refractivity contribution < 1.29 is 9.53 Å². The van der Waals surface area contributed by atoms with Crippen molar-refractivity contribution in [3.05, 3.63) is 65.5 Å². The predicted molar refractivity (Wildman–Crippen MR) is 77.5 cm³/mol. The standard InChI is InChI=1S/C17H12N2O2/c18-10-14(15-6-3-4-8-19-15)17(20)13-9-12-5-1-2-7-16(12)21-11-13/h1-9,14H,11H2/t14-/m0/s1. The molecule has 0 saturated heterocycles. The normalized spacial score (nSPS) is 14.1. The van der Waals surface area contributed by atoms with E-state index in [4.69, 9.17) is 4.74 Å². The Morgan fingerprint density at radius 3 is 2.81 bits per heavy atom. The smallest absolute Gasteiger partial charge is 0.185 e. The molecule has 0 amide bonds. The second kappa shape index (κ2) is 5.59. The van der Waals surface area contributed by atoms with Crippen molar-refractivity contribution in [3.8, 4) is 11.8 Å².